The summed E-state index contributed by atoms with van der Waals surface area (Å²) >= 11 is 0. The number of carboxylic acid groups (broad SMARTS) is 1. The van der Waals surface area contributed by atoms with Crippen molar-refractivity contribution in [1.82, 2.24) is 0 Å². The molecule has 1 saturated carbocycles. The average Bonchev–Trinajstić information content (AvgIpc) is 2.93. The van der Waals surface area contributed by atoms with E-state index >= 15 is 0 Å². The van der Waals surface area contributed by atoms with E-state index in [1.54, 1.807) is 0 Å². The molecule has 1 saturated heterocycles. The summed E-state index contributed by atoms with van der Waals surface area (Å²) in [6.45, 7) is 1.60. The minimum atomic E-state index is -0.690. The molecule has 96 valence electrons. The summed E-state index contributed by atoms with van der Waals surface area (Å²) in [6, 6.07) is 8.34. The summed E-state index contributed by atoms with van der Waals surface area (Å²) < 4.78 is 5.46. The van der Waals surface area contributed by atoms with Crippen LogP contribution in [0.1, 0.15) is 42.7 Å². The molecule has 0 radical (unpaired) electrons. The van der Waals surface area contributed by atoms with Gasteiger partial charge in [-0.15, -0.1) is 0 Å². The highest BCUT2D eigenvalue weighted by molar-refractivity contribution is 5.70. The second kappa shape index (κ2) is 4.39. The number of carbonyl (C=O) groups is 1. The van der Waals surface area contributed by atoms with Gasteiger partial charge in [-0.1, -0.05) is 24.3 Å². The number of rotatable bonds is 4. The monoisotopic (exact) mass is 246 g/mol. The van der Waals surface area contributed by atoms with Crippen LogP contribution in [-0.2, 0) is 14.9 Å². The van der Waals surface area contributed by atoms with Gasteiger partial charge in [-0.05, 0) is 30.4 Å². The van der Waals surface area contributed by atoms with Crippen LogP contribution in [0.2, 0.25) is 0 Å². The first kappa shape index (κ1) is 11.7. The largest absolute Gasteiger partial charge is 0.481 e. The number of aliphatic carboxylic acids is 1. The normalized spacial score (nSPS) is 25.0. The van der Waals surface area contributed by atoms with Crippen molar-refractivity contribution in [2.75, 3.05) is 13.2 Å². The van der Waals surface area contributed by atoms with Crippen molar-refractivity contribution >= 4 is 5.97 Å². The lowest BCUT2D eigenvalue weighted by Crippen LogP contribution is -2.16. The third kappa shape index (κ3) is 2.03. The summed E-state index contributed by atoms with van der Waals surface area (Å²) in [5, 5.41) is 9.08. The molecular weight excluding hydrogens is 228 g/mol. The maximum Gasteiger partial charge on any atom is 0.304 e. The van der Waals surface area contributed by atoms with Gasteiger partial charge in [-0.25, -0.2) is 0 Å². The van der Waals surface area contributed by atoms with Crippen LogP contribution in [0.3, 0.4) is 0 Å². The van der Waals surface area contributed by atoms with Gasteiger partial charge in [0, 0.05) is 17.9 Å². The van der Waals surface area contributed by atoms with E-state index in [9.17, 15) is 4.79 Å². The standard InChI is InChI=1S/C15H18O3/c16-14(17)9-15(6-7-15)13-4-2-1-3-12(13)11-5-8-18-10-11/h1-4,11H,5-10H2,(H,16,17). The molecule has 1 heterocycles. The van der Waals surface area contributed by atoms with E-state index in [0.29, 0.717) is 5.92 Å². The molecule has 1 N–H and O–H groups in total. The lowest BCUT2D eigenvalue weighted by atomic mass is 9.83. The molecule has 2 aliphatic rings. The van der Waals surface area contributed by atoms with Crippen LogP contribution in [0.15, 0.2) is 24.3 Å². The number of ether oxygens (including phenoxy) is 1. The molecule has 0 amide bonds. The highest BCUT2D eigenvalue weighted by Gasteiger charge is 2.47. The Morgan fingerprint density at radius 3 is 2.78 bits per heavy atom. The molecule has 1 aliphatic carbocycles. The Morgan fingerprint density at radius 1 is 1.39 bits per heavy atom. The minimum Gasteiger partial charge on any atom is -0.481 e. The zero-order valence-electron chi connectivity index (χ0n) is 10.4. The van der Waals surface area contributed by atoms with Crippen molar-refractivity contribution in [3.8, 4) is 0 Å². The van der Waals surface area contributed by atoms with Gasteiger partial charge in [0.2, 0.25) is 0 Å². The van der Waals surface area contributed by atoms with Crippen LogP contribution in [0.5, 0.6) is 0 Å². The van der Waals surface area contributed by atoms with Crippen LogP contribution in [0.25, 0.3) is 0 Å². The number of benzene rings is 1. The Bertz CT molecular complexity index is 457. The van der Waals surface area contributed by atoms with Crippen molar-refractivity contribution < 1.29 is 14.6 Å². The quantitative estimate of drug-likeness (QED) is 0.888. The van der Waals surface area contributed by atoms with Gasteiger partial charge in [0.15, 0.2) is 0 Å². The van der Waals surface area contributed by atoms with E-state index in [1.807, 2.05) is 12.1 Å². The van der Waals surface area contributed by atoms with E-state index in [1.165, 1.54) is 11.1 Å². The fourth-order valence-electron chi connectivity index (χ4n) is 3.10. The lowest BCUT2D eigenvalue weighted by Gasteiger charge is -2.20. The van der Waals surface area contributed by atoms with Crippen molar-refractivity contribution in [1.29, 1.82) is 0 Å². The molecule has 18 heavy (non-hydrogen) atoms. The summed E-state index contributed by atoms with van der Waals surface area (Å²) in [7, 11) is 0. The van der Waals surface area contributed by atoms with Crippen LogP contribution >= 0.6 is 0 Å². The predicted octanol–water partition coefficient (Wildman–Crippen LogP) is 2.70. The Hall–Kier alpha value is -1.35. The van der Waals surface area contributed by atoms with E-state index in [4.69, 9.17) is 9.84 Å². The van der Waals surface area contributed by atoms with Gasteiger partial charge >= 0.3 is 5.97 Å². The molecule has 1 aliphatic heterocycles. The molecular formula is C15H18O3. The van der Waals surface area contributed by atoms with Crippen molar-refractivity contribution in [2.24, 2.45) is 0 Å². The first-order chi connectivity index (χ1) is 8.71. The SMILES string of the molecule is O=C(O)CC1(c2ccccc2C2CCOC2)CC1. The Morgan fingerprint density at radius 2 is 2.17 bits per heavy atom. The summed E-state index contributed by atoms with van der Waals surface area (Å²) in [6.07, 6.45) is 3.32. The highest BCUT2D eigenvalue weighted by atomic mass is 16.5. The molecule has 0 bridgehead atoms. The van der Waals surface area contributed by atoms with Gasteiger partial charge < -0.3 is 9.84 Å². The fraction of sp³-hybridized carbons (Fsp3) is 0.533. The molecule has 0 aromatic heterocycles. The van der Waals surface area contributed by atoms with Crippen LogP contribution in [-0.4, -0.2) is 24.3 Å². The molecule has 1 aromatic carbocycles. The van der Waals surface area contributed by atoms with Crippen molar-refractivity contribution in [2.45, 2.75) is 37.0 Å². The lowest BCUT2D eigenvalue weighted by molar-refractivity contribution is -0.137. The smallest absolute Gasteiger partial charge is 0.304 e. The second-order valence-electron chi connectivity index (χ2n) is 5.50. The van der Waals surface area contributed by atoms with Gasteiger partial charge in [0.1, 0.15) is 0 Å². The molecule has 1 aromatic rings. The van der Waals surface area contributed by atoms with E-state index in [2.05, 4.69) is 12.1 Å². The second-order valence-corrected chi connectivity index (χ2v) is 5.50. The maximum atomic E-state index is 11.0. The molecule has 0 spiro atoms. The zero-order chi connectivity index (χ0) is 12.6. The van der Waals surface area contributed by atoms with E-state index in [0.717, 1.165) is 32.5 Å². The van der Waals surface area contributed by atoms with Gasteiger partial charge in [0.05, 0.1) is 13.0 Å². The summed E-state index contributed by atoms with van der Waals surface area (Å²) in [4.78, 5) is 11.0. The summed E-state index contributed by atoms with van der Waals surface area (Å²) in [5.41, 5.74) is 2.47. The van der Waals surface area contributed by atoms with E-state index in [-0.39, 0.29) is 11.8 Å². The van der Waals surface area contributed by atoms with E-state index < -0.39 is 5.97 Å². The number of carboxylic acids is 1. The van der Waals surface area contributed by atoms with Crippen molar-refractivity contribution in [3.05, 3.63) is 35.4 Å². The Kier molecular flexibility index (Phi) is 2.86. The van der Waals surface area contributed by atoms with Gasteiger partial charge in [0.25, 0.3) is 0 Å². The summed E-state index contributed by atoms with van der Waals surface area (Å²) in [5.74, 6) is -0.238. The van der Waals surface area contributed by atoms with Crippen LogP contribution < -0.4 is 0 Å². The van der Waals surface area contributed by atoms with Crippen LogP contribution in [0.4, 0.5) is 0 Å². The average molecular weight is 246 g/mol. The van der Waals surface area contributed by atoms with Crippen molar-refractivity contribution in [3.63, 3.8) is 0 Å². The molecule has 3 heteroatoms. The van der Waals surface area contributed by atoms with Crippen LogP contribution in [0, 0.1) is 0 Å². The predicted molar refractivity (Wildman–Crippen MR) is 67.8 cm³/mol. The van der Waals surface area contributed by atoms with Gasteiger partial charge in [-0.2, -0.15) is 0 Å². The third-order valence-electron chi connectivity index (χ3n) is 4.24. The third-order valence-corrected chi connectivity index (χ3v) is 4.24. The fourth-order valence-corrected chi connectivity index (χ4v) is 3.10. The number of hydrogen-bond acceptors (Lipinski definition) is 2. The first-order valence-electron chi connectivity index (χ1n) is 6.60. The Balaban J connectivity index is 1.94. The molecule has 2 fully saturated rings. The maximum absolute atomic E-state index is 11.0. The number of hydrogen-bond donors (Lipinski definition) is 1. The topological polar surface area (TPSA) is 46.5 Å². The molecule has 3 nitrogen and oxygen atoms in total. The minimum absolute atomic E-state index is 0.0922. The molecule has 1 unspecified atom stereocenters. The Labute approximate surface area is 107 Å². The zero-order valence-corrected chi connectivity index (χ0v) is 10.4. The highest BCUT2D eigenvalue weighted by Crippen LogP contribution is 2.53. The molecule has 1 atom stereocenters. The first-order valence-corrected chi connectivity index (χ1v) is 6.60. The molecule has 3 rings (SSSR count). The van der Waals surface area contributed by atoms with Gasteiger partial charge in [-0.3, -0.25) is 4.79 Å².